The molecule has 2 saturated heterocycles. The lowest BCUT2D eigenvalue weighted by Gasteiger charge is -2.42. The van der Waals surface area contributed by atoms with E-state index >= 15 is 0 Å². The molecule has 0 radical (unpaired) electrons. The van der Waals surface area contributed by atoms with Crippen molar-refractivity contribution in [1.29, 1.82) is 0 Å². The number of rotatable bonds is 2. The Bertz CT molecular complexity index is 209. The molecule has 88 valence electrons. The van der Waals surface area contributed by atoms with Crippen LogP contribution in [0.4, 0.5) is 0 Å². The van der Waals surface area contributed by atoms with Gasteiger partial charge in [-0.05, 0) is 26.8 Å². The van der Waals surface area contributed by atoms with Crippen LogP contribution in [-0.2, 0) is 0 Å². The predicted molar refractivity (Wildman–Crippen MR) is 64.2 cm³/mol. The van der Waals surface area contributed by atoms with E-state index in [1.165, 1.54) is 45.7 Å². The fourth-order valence-electron chi connectivity index (χ4n) is 3.32. The fourth-order valence-corrected chi connectivity index (χ4v) is 3.32. The lowest BCUT2D eigenvalue weighted by Crippen LogP contribution is -2.57. The summed E-state index contributed by atoms with van der Waals surface area (Å²) in [5.74, 6) is 0. The molecule has 3 heteroatoms. The van der Waals surface area contributed by atoms with Crippen molar-refractivity contribution in [3.8, 4) is 0 Å². The van der Waals surface area contributed by atoms with Crippen LogP contribution < -0.4 is 5.32 Å². The van der Waals surface area contributed by atoms with Gasteiger partial charge < -0.3 is 5.32 Å². The van der Waals surface area contributed by atoms with Gasteiger partial charge in [0.05, 0.1) is 0 Å². The molecular weight excluding hydrogens is 186 g/mol. The van der Waals surface area contributed by atoms with E-state index < -0.39 is 0 Å². The van der Waals surface area contributed by atoms with E-state index in [0.29, 0.717) is 5.54 Å². The average molecular weight is 211 g/mol. The molecule has 0 amide bonds. The molecule has 0 aromatic rings. The maximum absolute atomic E-state index is 3.44. The Labute approximate surface area is 93.8 Å². The number of hydrogen-bond donors (Lipinski definition) is 1. The summed E-state index contributed by atoms with van der Waals surface area (Å²) in [5, 5.41) is 3.44. The quantitative estimate of drug-likeness (QED) is 0.728. The molecule has 3 nitrogen and oxygen atoms in total. The molecule has 15 heavy (non-hydrogen) atoms. The third kappa shape index (κ3) is 2.05. The minimum Gasteiger partial charge on any atom is -0.314 e. The summed E-state index contributed by atoms with van der Waals surface area (Å²) in [7, 11) is 0. The molecular formula is C12H25N3. The zero-order chi connectivity index (χ0) is 10.9. The van der Waals surface area contributed by atoms with E-state index in [1.54, 1.807) is 0 Å². The maximum atomic E-state index is 3.44. The van der Waals surface area contributed by atoms with Gasteiger partial charge in [-0.3, -0.25) is 9.80 Å². The van der Waals surface area contributed by atoms with E-state index in [-0.39, 0.29) is 0 Å². The van der Waals surface area contributed by atoms with Gasteiger partial charge >= 0.3 is 0 Å². The number of hydrogen-bond acceptors (Lipinski definition) is 3. The van der Waals surface area contributed by atoms with E-state index in [4.69, 9.17) is 0 Å². The molecule has 2 aliphatic heterocycles. The van der Waals surface area contributed by atoms with Crippen molar-refractivity contribution in [1.82, 2.24) is 15.1 Å². The highest BCUT2D eigenvalue weighted by Gasteiger charge is 2.43. The Balaban J connectivity index is 2.03. The maximum Gasteiger partial charge on any atom is 0.0308 e. The zero-order valence-corrected chi connectivity index (χ0v) is 10.4. The second-order valence-corrected chi connectivity index (χ2v) is 5.32. The van der Waals surface area contributed by atoms with Gasteiger partial charge in [-0.25, -0.2) is 0 Å². The largest absolute Gasteiger partial charge is 0.314 e. The summed E-state index contributed by atoms with van der Waals surface area (Å²) < 4.78 is 0. The minimum atomic E-state index is 0.367. The normalized spacial score (nSPS) is 33.4. The van der Waals surface area contributed by atoms with Crippen LogP contribution in [0.2, 0.25) is 0 Å². The van der Waals surface area contributed by atoms with Gasteiger partial charge in [-0.2, -0.15) is 0 Å². The smallest absolute Gasteiger partial charge is 0.0308 e. The predicted octanol–water partition coefficient (Wildman–Crippen LogP) is 0.764. The lowest BCUT2D eigenvalue weighted by atomic mass is 9.93. The van der Waals surface area contributed by atoms with E-state index in [2.05, 4.69) is 35.9 Å². The van der Waals surface area contributed by atoms with Gasteiger partial charge in [-0.1, -0.05) is 6.92 Å². The van der Waals surface area contributed by atoms with Gasteiger partial charge in [-0.15, -0.1) is 0 Å². The van der Waals surface area contributed by atoms with E-state index in [0.717, 1.165) is 6.04 Å². The summed E-state index contributed by atoms with van der Waals surface area (Å²) in [6, 6.07) is 0.763. The van der Waals surface area contributed by atoms with Gasteiger partial charge in [0.25, 0.3) is 0 Å². The topological polar surface area (TPSA) is 18.5 Å². The molecule has 0 aromatic heterocycles. The Morgan fingerprint density at radius 3 is 2.40 bits per heavy atom. The molecule has 0 aliphatic carbocycles. The Morgan fingerprint density at radius 2 is 1.87 bits per heavy atom. The van der Waals surface area contributed by atoms with Crippen LogP contribution >= 0.6 is 0 Å². The van der Waals surface area contributed by atoms with Gasteiger partial charge in [0.2, 0.25) is 0 Å². The van der Waals surface area contributed by atoms with Crippen molar-refractivity contribution in [2.75, 3.05) is 39.3 Å². The summed E-state index contributed by atoms with van der Waals surface area (Å²) in [6.45, 7) is 14.4. The van der Waals surface area contributed by atoms with Crippen molar-refractivity contribution in [3.05, 3.63) is 0 Å². The Hall–Kier alpha value is -0.120. The fraction of sp³-hybridized carbons (Fsp3) is 1.00. The number of likely N-dealkylation sites (tertiary alicyclic amines) is 1. The molecule has 2 aliphatic rings. The molecule has 0 aromatic carbocycles. The second kappa shape index (κ2) is 4.40. The summed E-state index contributed by atoms with van der Waals surface area (Å²) in [4.78, 5) is 5.31. The third-order valence-corrected chi connectivity index (χ3v) is 4.28. The Kier molecular flexibility index (Phi) is 3.33. The lowest BCUT2D eigenvalue weighted by molar-refractivity contribution is 0.0757. The van der Waals surface area contributed by atoms with Crippen molar-refractivity contribution >= 4 is 0 Å². The van der Waals surface area contributed by atoms with Crippen LogP contribution in [0, 0.1) is 0 Å². The third-order valence-electron chi connectivity index (χ3n) is 4.28. The van der Waals surface area contributed by atoms with Crippen molar-refractivity contribution in [2.24, 2.45) is 0 Å². The van der Waals surface area contributed by atoms with Crippen LogP contribution in [0.1, 0.15) is 27.2 Å². The van der Waals surface area contributed by atoms with Crippen molar-refractivity contribution in [2.45, 2.75) is 38.8 Å². The molecule has 2 fully saturated rings. The number of nitrogens with one attached hydrogen (secondary N) is 1. The summed E-state index contributed by atoms with van der Waals surface area (Å²) in [5.41, 5.74) is 0.367. The number of nitrogens with zero attached hydrogens (tertiary/aromatic N) is 2. The number of likely N-dealkylation sites (N-methyl/N-ethyl adjacent to an activating group) is 1. The highest BCUT2D eigenvalue weighted by atomic mass is 15.3. The highest BCUT2D eigenvalue weighted by Crippen LogP contribution is 2.32. The van der Waals surface area contributed by atoms with Crippen LogP contribution in [0.3, 0.4) is 0 Å². The zero-order valence-electron chi connectivity index (χ0n) is 10.4. The average Bonchev–Trinajstić information content (AvgIpc) is 2.54. The first kappa shape index (κ1) is 11.4. The first-order valence-electron chi connectivity index (χ1n) is 6.36. The monoisotopic (exact) mass is 211 g/mol. The van der Waals surface area contributed by atoms with Crippen LogP contribution in [-0.4, -0.2) is 60.6 Å². The molecule has 0 saturated carbocycles. The van der Waals surface area contributed by atoms with Crippen LogP contribution in [0.25, 0.3) is 0 Å². The van der Waals surface area contributed by atoms with Crippen LogP contribution in [0.15, 0.2) is 0 Å². The van der Waals surface area contributed by atoms with E-state index in [9.17, 15) is 0 Å². The highest BCUT2D eigenvalue weighted by molar-refractivity contribution is 5.01. The van der Waals surface area contributed by atoms with E-state index in [1.807, 2.05) is 0 Å². The van der Waals surface area contributed by atoms with Crippen molar-refractivity contribution < 1.29 is 0 Å². The van der Waals surface area contributed by atoms with Gasteiger partial charge in [0, 0.05) is 44.3 Å². The second-order valence-electron chi connectivity index (χ2n) is 5.32. The standard InChI is InChI=1S/C12H25N3/c1-4-15-8-5-11(12(15,2)3)14-9-6-13-7-10-14/h11,13H,4-10H2,1-3H3. The first-order valence-corrected chi connectivity index (χ1v) is 6.36. The minimum absolute atomic E-state index is 0.367. The molecule has 1 N–H and O–H groups in total. The Morgan fingerprint density at radius 1 is 1.20 bits per heavy atom. The molecule has 0 bridgehead atoms. The molecule has 0 spiro atoms. The number of piperazine rings is 1. The van der Waals surface area contributed by atoms with Crippen molar-refractivity contribution in [3.63, 3.8) is 0 Å². The van der Waals surface area contributed by atoms with Gasteiger partial charge in [0.1, 0.15) is 0 Å². The van der Waals surface area contributed by atoms with Crippen LogP contribution in [0.5, 0.6) is 0 Å². The molecule has 2 rings (SSSR count). The molecule has 1 unspecified atom stereocenters. The SMILES string of the molecule is CCN1CCC(N2CCNCC2)C1(C)C. The molecule has 2 heterocycles. The summed E-state index contributed by atoms with van der Waals surface area (Å²) >= 11 is 0. The molecule has 1 atom stereocenters. The summed E-state index contributed by atoms with van der Waals surface area (Å²) in [6.07, 6.45) is 1.35. The van der Waals surface area contributed by atoms with Gasteiger partial charge in [0.15, 0.2) is 0 Å². The first-order chi connectivity index (χ1) is 7.16.